The van der Waals surface area contributed by atoms with Gasteiger partial charge in [0.25, 0.3) is 0 Å². The van der Waals surface area contributed by atoms with Crippen LogP contribution in [0.4, 0.5) is 0 Å². The largest absolute Gasteiger partial charge is 0.244 e. The first kappa shape index (κ1) is 10.5. The van der Waals surface area contributed by atoms with Gasteiger partial charge < -0.3 is 0 Å². The van der Waals surface area contributed by atoms with Crippen molar-refractivity contribution >= 4 is 23.4 Å². The maximum absolute atomic E-state index is 6.00. The van der Waals surface area contributed by atoms with Gasteiger partial charge >= 0.3 is 0 Å². The van der Waals surface area contributed by atoms with Crippen LogP contribution in [0.25, 0.3) is 11.3 Å². The molecule has 2 nitrogen and oxygen atoms in total. The second kappa shape index (κ2) is 4.64. The summed E-state index contributed by atoms with van der Waals surface area (Å²) in [5.41, 5.74) is 1.73. The fraction of sp³-hybridized carbons (Fsp3) is 0.0909. The summed E-state index contributed by atoms with van der Waals surface area (Å²) in [4.78, 5) is 8.49. The van der Waals surface area contributed by atoms with Gasteiger partial charge in [0.2, 0.25) is 0 Å². The van der Waals surface area contributed by atoms with E-state index in [1.54, 1.807) is 18.0 Å². The van der Waals surface area contributed by atoms with Crippen molar-refractivity contribution in [3.05, 3.63) is 41.7 Å². The number of hydrogen-bond donors (Lipinski definition) is 0. The van der Waals surface area contributed by atoms with Gasteiger partial charge in [0.05, 0.1) is 10.7 Å². The van der Waals surface area contributed by atoms with Crippen LogP contribution in [-0.4, -0.2) is 16.2 Å². The van der Waals surface area contributed by atoms with Crippen LogP contribution in [0.3, 0.4) is 0 Å². The van der Waals surface area contributed by atoms with E-state index < -0.39 is 0 Å². The van der Waals surface area contributed by atoms with Crippen LogP contribution in [0.2, 0.25) is 5.15 Å². The van der Waals surface area contributed by atoms with Gasteiger partial charge in [0.15, 0.2) is 0 Å². The molecule has 76 valence electrons. The summed E-state index contributed by atoms with van der Waals surface area (Å²) >= 11 is 7.61. The molecule has 2 aromatic heterocycles. The number of hydrogen-bond acceptors (Lipinski definition) is 3. The fourth-order valence-corrected chi connectivity index (χ4v) is 1.88. The van der Waals surface area contributed by atoms with E-state index >= 15 is 0 Å². The third-order valence-electron chi connectivity index (χ3n) is 1.97. The molecule has 0 aliphatic heterocycles. The summed E-state index contributed by atoms with van der Waals surface area (Å²) in [6.07, 6.45) is 3.67. The Hall–Kier alpha value is -1.06. The molecule has 0 fully saturated rings. The summed E-state index contributed by atoms with van der Waals surface area (Å²) in [6.45, 7) is 0. The van der Waals surface area contributed by atoms with Crippen LogP contribution in [-0.2, 0) is 0 Å². The molecule has 0 bridgehead atoms. The number of pyridine rings is 2. The monoisotopic (exact) mass is 236 g/mol. The van der Waals surface area contributed by atoms with Gasteiger partial charge in [-0.1, -0.05) is 17.7 Å². The van der Waals surface area contributed by atoms with Crippen molar-refractivity contribution < 1.29 is 0 Å². The lowest BCUT2D eigenvalue weighted by molar-refractivity contribution is 1.14. The van der Waals surface area contributed by atoms with Crippen molar-refractivity contribution in [2.24, 2.45) is 0 Å². The van der Waals surface area contributed by atoms with Gasteiger partial charge in [-0.15, -0.1) is 11.8 Å². The fourth-order valence-electron chi connectivity index (χ4n) is 1.26. The van der Waals surface area contributed by atoms with E-state index in [0.29, 0.717) is 5.15 Å². The molecule has 2 rings (SSSR count). The minimum Gasteiger partial charge on any atom is -0.244 e. The third-order valence-corrected chi connectivity index (χ3v) is 2.91. The molecule has 0 radical (unpaired) electrons. The lowest BCUT2D eigenvalue weighted by Gasteiger charge is -2.03. The minimum atomic E-state index is 0.489. The second-order valence-electron chi connectivity index (χ2n) is 2.91. The average molecular weight is 237 g/mol. The first-order valence-corrected chi connectivity index (χ1v) is 6.03. The van der Waals surface area contributed by atoms with E-state index in [4.69, 9.17) is 11.6 Å². The Morgan fingerprint density at radius 2 is 2.07 bits per heavy atom. The Bertz CT molecular complexity index is 474. The highest BCUT2D eigenvalue weighted by Crippen LogP contribution is 2.25. The predicted molar refractivity (Wildman–Crippen MR) is 64.3 cm³/mol. The average Bonchev–Trinajstić information content (AvgIpc) is 2.30. The summed E-state index contributed by atoms with van der Waals surface area (Å²) in [5, 5.41) is 1.47. The van der Waals surface area contributed by atoms with E-state index in [0.717, 1.165) is 16.3 Å². The van der Waals surface area contributed by atoms with Gasteiger partial charge in [-0.2, -0.15) is 0 Å². The van der Waals surface area contributed by atoms with Crippen LogP contribution in [0.1, 0.15) is 0 Å². The van der Waals surface area contributed by atoms with Gasteiger partial charge in [-0.3, -0.25) is 0 Å². The number of aromatic nitrogens is 2. The van der Waals surface area contributed by atoms with Crippen LogP contribution in [0, 0.1) is 0 Å². The molecule has 0 aliphatic rings. The Labute approximate surface area is 97.7 Å². The van der Waals surface area contributed by atoms with Gasteiger partial charge in [0, 0.05) is 11.8 Å². The first-order chi connectivity index (χ1) is 7.31. The Morgan fingerprint density at radius 1 is 1.20 bits per heavy atom. The zero-order valence-corrected chi connectivity index (χ0v) is 9.72. The Morgan fingerprint density at radius 3 is 2.80 bits per heavy atom. The van der Waals surface area contributed by atoms with E-state index in [2.05, 4.69) is 9.97 Å². The highest BCUT2D eigenvalue weighted by Gasteiger charge is 2.05. The van der Waals surface area contributed by atoms with Crippen LogP contribution in [0.5, 0.6) is 0 Å². The second-order valence-corrected chi connectivity index (χ2v) is 4.09. The maximum atomic E-state index is 6.00. The normalized spacial score (nSPS) is 10.3. The van der Waals surface area contributed by atoms with Crippen LogP contribution >= 0.6 is 23.4 Å². The topological polar surface area (TPSA) is 25.8 Å². The molecule has 0 saturated heterocycles. The molecule has 0 N–H and O–H groups in total. The molecule has 15 heavy (non-hydrogen) atoms. The lowest BCUT2D eigenvalue weighted by atomic mass is 10.2. The van der Waals surface area contributed by atoms with Crippen molar-refractivity contribution in [3.8, 4) is 11.3 Å². The van der Waals surface area contributed by atoms with Gasteiger partial charge in [-0.05, 0) is 30.5 Å². The molecule has 0 unspecified atom stereocenters. The first-order valence-electron chi connectivity index (χ1n) is 4.43. The lowest BCUT2D eigenvalue weighted by Crippen LogP contribution is -1.87. The van der Waals surface area contributed by atoms with Crippen molar-refractivity contribution in [3.63, 3.8) is 0 Å². The van der Waals surface area contributed by atoms with E-state index in [1.807, 2.05) is 36.6 Å². The minimum absolute atomic E-state index is 0.489. The molecule has 0 atom stereocenters. The highest BCUT2D eigenvalue weighted by molar-refractivity contribution is 7.98. The Balaban J connectivity index is 2.49. The molecule has 4 heteroatoms. The number of nitrogens with zero attached hydrogens (tertiary/aromatic N) is 2. The number of rotatable bonds is 2. The van der Waals surface area contributed by atoms with E-state index in [-0.39, 0.29) is 0 Å². The molecule has 0 saturated carbocycles. The van der Waals surface area contributed by atoms with E-state index in [9.17, 15) is 0 Å². The molecular weight excluding hydrogens is 228 g/mol. The molecular formula is C11H9ClN2S. The summed E-state index contributed by atoms with van der Waals surface area (Å²) < 4.78 is 0. The van der Waals surface area contributed by atoms with Crippen molar-refractivity contribution in [1.82, 2.24) is 9.97 Å². The van der Waals surface area contributed by atoms with E-state index in [1.165, 1.54) is 0 Å². The number of halogens is 1. The highest BCUT2D eigenvalue weighted by atomic mass is 35.5. The maximum Gasteiger partial charge on any atom is 0.138 e. The summed E-state index contributed by atoms with van der Waals surface area (Å²) in [6, 6.07) is 9.65. The summed E-state index contributed by atoms with van der Waals surface area (Å²) in [5.74, 6) is 0. The van der Waals surface area contributed by atoms with Crippen LogP contribution < -0.4 is 0 Å². The predicted octanol–water partition coefficient (Wildman–Crippen LogP) is 3.52. The smallest absolute Gasteiger partial charge is 0.138 e. The van der Waals surface area contributed by atoms with Crippen molar-refractivity contribution in [1.29, 1.82) is 0 Å². The zero-order chi connectivity index (χ0) is 10.7. The SMILES string of the molecule is CSc1cccc(-c2cccnc2Cl)n1. The standard InChI is InChI=1S/C11H9ClN2S/c1-15-10-6-2-5-9(14-10)8-4-3-7-13-11(8)12/h2-7H,1H3. The molecule has 0 spiro atoms. The van der Waals surface area contributed by atoms with Crippen molar-refractivity contribution in [2.45, 2.75) is 5.03 Å². The Kier molecular flexibility index (Phi) is 3.23. The zero-order valence-electron chi connectivity index (χ0n) is 8.14. The molecule has 0 aromatic carbocycles. The number of thioether (sulfide) groups is 1. The van der Waals surface area contributed by atoms with Gasteiger partial charge in [-0.25, -0.2) is 9.97 Å². The molecule has 0 aliphatic carbocycles. The third kappa shape index (κ3) is 2.30. The van der Waals surface area contributed by atoms with Crippen LogP contribution in [0.15, 0.2) is 41.6 Å². The van der Waals surface area contributed by atoms with Crippen molar-refractivity contribution in [2.75, 3.05) is 6.26 Å². The molecule has 2 heterocycles. The summed E-state index contributed by atoms with van der Waals surface area (Å²) in [7, 11) is 0. The van der Waals surface area contributed by atoms with Gasteiger partial charge in [0.1, 0.15) is 5.15 Å². The quantitative estimate of drug-likeness (QED) is 0.590. The molecule has 0 amide bonds. The molecule has 2 aromatic rings.